The Balaban J connectivity index is 2.00. The standard InChI is InChI=1S/C28H29FN/c1-6-18(2)22-12-13-24-23(16-22)15-20(4)30(5)28(24)25-17-26(27(29)14-19(25)3)21-10-8-7-9-11-21/h7-18H,6H2,1-5H3/q+1. The molecule has 0 spiro atoms. The summed E-state index contributed by atoms with van der Waals surface area (Å²) in [5.41, 5.74) is 7.24. The summed E-state index contributed by atoms with van der Waals surface area (Å²) in [4.78, 5) is 0. The summed E-state index contributed by atoms with van der Waals surface area (Å²) in [6.07, 6.45) is 1.12. The summed E-state index contributed by atoms with van der Waals surface area (Å²) in [5, 5.41) is 2.44. The lowest BCUT2D eigenvalue weighted by Crippen LogP contribution is -2.35. The van der Waals surface area contributed by atoms with Gasteiger partial charge in [0.05, 0.1) is 10.9 Å². The van der Waals surface area contributed by atoms with Crippen LogP contribution in [0.4, 0.5) is 4.39 Å². The van der Waals surface area contributed by atoms with Gasteiger partial charge in [0.15, 0.2) is 5.69 Å². The second-order valence-electron chi connectivity index (χ2n) is 8.36. The molecule has 30 heavy (non-hydrogen) atoms. The van der Waals surface area contributed by atoms with E-state index in [1.165, 1.54) is 22.0 Å². The Morgan fingerprint density at radius 2 is 1.63 bits per heavy atom. The van der Waals surface area contributed by atoms with Gasteiger partial charge in [-0.15, -0.1) is 0 Å². The molecule has 0 N–H and O–H groups in total. The highest BCUT2D eigenvalue weighted by Crippen LogP contribution is 2.35. The van der Waals surface area contributed by atoms with Crippen LogP contribution in [-0.2, 0) is 7.05 Å². The lowest BCUT2D eigenvalue weighted by molar-refractivity contribution is -0.665. The van der Waals surface area contributed by atoms with E-state index >= 15 is 0 Å². The van der Waals surface area contributed by atoms with Gasteiger partial charge in [0.1, 0.15) is 12.9 Å². The smallest absolute Gasteiger partial charge is 0.206 e. The summed E-state index contributed by atoms with van der Waals surface area (Å²) >= 11 is 0. The molecule has 0 saturated carbocycles. The predicted molar refractivity (Wildman–Crippen MR) is 124 cm³/mol. The van der Waals surface area contributed by atoms with Crippen molar-refractivity contribution in [1.82, 2.24) is 0 Å². The van der Waals surface area contributed by atoms with E-state index in [1.54, 1.807) is 6.07 Å². The Morgan fingerprint density at radius 3 is 2.33 bits per heavy atom. The number of aryl methyl sites for hydroxylation is 2. The van der Waals surface area contributed by atoms with Crippen molar-refractivity contribution in [2.75, 3.05) is 0 Å². The lowest BCUT2D eigenvalue weighted by atomic mass is 9.91. The molecule has 4 aromatic rings. The average molecular weight is 399 g/mol. The molecule has 0 saturated heterocycles. The molecule has 1 unspecified atom stereocenters. The SMILES string of the molecule is CCC(C)c1ccc2c(-c3cc(-c4ccccc4)c(F)cc3C)[n+](C)c(C)cc2c1. The highest BCUT2D eigenvalue weighted by molar-refractivity contribution is 5.95. The Hall–Kier alpha value is -3.00. The summed E-state index contributed by atoms with van der Waals surface area (Å²) in [6.45, 7) is 8.63. The van der Waals surface area contributed by atoms with Crippen molar-refractivity contribution in [3.63, 3.8) is 0 Å². The molecule has 1 heterocycles. The fourth-order valence-electron chi connectivity index (χ4n) is 4.23. The molecule has 2 heteroatoms. The molecule has 0 bridgehead atoms. The highest BCUT2D eigenvalue weighted by Gasteiger charge is 2.22. The molecule has 3 aromatic carbocycles. The van der Waals surface area contributed by atoms with Crippen LogP contribution >= 0.6 is 0 Å². The first-order valence-corrected chi connectivity index (χ1v) is 10.7. The normalized spacial score (nSPS) is 12.3. The van der Waals surface area contributed by atoms with E-state index in [0.29, 0.717) is 11.5 Å². The molecule has 152 valence electrons. The van der Waals surface area contributed by atoms with Crippen LogP contribution in [0.1, 0.15) is 43.0 Å². The molecule has 1 nitrogen and oxygen atoms in total. The van der Waals surface area contributed by atoms with Gasteiger partial charge in [-0.2, -0.15) is 4.57 Å². The minimum Gasteiger partial charge on any atom is -0.206 e. The quantitative estimate of drug-likeness (QED) is 0.318. The van der Waals surface area contributed by atoms with Crippen molar-refractivity contribution in [3.05, 3.63) is 89.4 Å². The van der Waals surface area contributed by atoms with E-state index in [2.05, 4.69) is 56.7 Å². The van der Waals surface area contributed by atoms with Gasteiger partial charge in [0.2, 0.25) is 5.69 Å². The highest BCUT2D eigenvalue weighted by atomic mass is 19.1. The van der Waals surface area contributed by atoms with E-state index in [1.807, 2.05) is 43.3 Å². The number of fused-ring (bicyclic) bond motifs is 1. The van der Waals surface area contributed by atoms with E-state index in [4.69, 9.17) is 0 Å². The number of rotatable bonds is 4. The van der Waals surface area contributed by atoms with Gasteiger partial charge >= 0.3 is 0 Å². The topological polar surface area (TPSA) is 3.88 Å². The zero-order chi connectivity index (χ0) is 21.4. The molecule has 0 aliphatic heterocycles. The Morgan fingerprint density at radius 1 is 0.900 bits per heavy atom. The molecule has 0 amide bonds. The lowest BCUT2D eigenvalue weighted by Gasteiger charge is -2.15. The number of hydrogen-bond donors (Lipinski definition) is 0. The third-order valence-electron chi connectivity index (χ3n) is 6.39. The van der Waals surface area contributed by atoms with Crippen molar-refractivity contribution in [2.24, 2.45) is 7.05 Å². The van der Waals surface area contributed by atoms with Crippen molar-refractivity contribution in [3.8, 4) is 22.4 Å². The van der Waals surface area contributed by atoms with Crippen LogP contribution in [0.25, 0.3) is 33.2 Å². The zero-order valence-corrected chi connectivity index (χ0v) is 18.5. The summed E-state index contributed by atoms with van der Waals surface area (Å²) < 4.78 is 17.1. The number of pyridine rings is 1. The average Bonchev–Trinajstić information content (AvgIpc) is 2.75. The summed E-state index contributed by atoms with van der Waals surface area (Å²) in [5.74, 6) is 0.352. The first-order valence-electron chi connectivity index (χ1n) is 10.7. The maximum absolute atomic E-state index is 14.9. The van der Waals surface area contributed by atoms with Crippen molar-refractivity contribution >= 4 is 10.8 Å². The Kier molecular flexibility index (Phi) is 5.42. The number of nitrogens with zero attached hydrogens (tertiary/aromatic N) is 1. The molecule has 0 aliphatic rings. The van der Waals surface area contributed by atoms with Crippen LogP contribution in [0, 0.1) is 19.7 Å². The molecule has 1 aromatic heterocycles. The van der Waals surface area contributed by atoms with Crippen LogP contribution in [0.3, 0.4) is 0 Å². The predicted octanol–water partition coefficient (Wildman–Crippen LogP) is 7.27. The maximum atomic E-state index is 14.9. The van der Waals surface area contributed by atoms with Gasteiger partial charge in [-0.3, -0.25) is 0 Å². The van der Waals surface area contributed by atoms with Crippen LogP contribution in [0.5, 0.6) is 0 Å². The number of benzene rings is 3. The Labute approximate surface area is 178 Å². The molecule has 4 rings (SSSR count). The first-order chi connectivity index (χ1) is 14.4. The maximum Gasteiger partial charge on any atom is 0.220 e. The van der Waals surface area contributed by atoms with Gasteiger partial charge in [-0.25, -0.2) is 4.39 Å². The molecular weight excluding hydrogens is 369 g/mol. The van der Waals surface area contributed by atoms with Gasteiger partial charge in [-0.05, 0) is 59.5 Å². The van der Waals surface area contributed by atoms with Crippen molar-refractivity contribution in [2.45, 2.75) is 40.0 Å². The minimum atomic E-state index is -0.180. The number of halogens is 1. The second-order valence-corrected chi connectivity index (χ2v) is 8.36. The number of aromatic nitrogens is 1. The van der Waals surface area contributed by atoms with Crippen LogP contribution in [-0.4, -0.2) is 0 Å². The van der Waals surface area contributed by atoms with Crippen LogP contribution in [0.2, 0.25) is 0 Å². The monoisotopic (exact) mass is 398 g/mol. The minimum absolute atomic E-state index is 0.180. The zero-order valence-electron chi connectivity index (χ0n) is 18.5. The van der Waals surface area contributed by atoms with Gasteiger partial charge < -0.3 is 0 Å². The van der Waals surface area contributed by atoms with Gasteiger partial charge in [0.25, 0.3) is 0 Å². The second kappa shape index (κ2) is 8.02. The van der Waals surface area contributed by atoms with Crippen molar-refractivity contribution < 1.29 is 8.96 Å². The summed E-state index contributed by atoms with van der Waals surface area (Å²) in [7, 11) is 2.09. The van der Waals surface area contributed by atoms with E-state index in [9.17, 15) is 4.39 Å². The molecular formula is C28H29FN+. The molecule has 1 atom stereocenters. The summed E-state index contributed by atoms with van der Waals surface area (Å²) in [6, 6.07) is 22.5. The first kappa shape index (κ1) is 20.3. The van der Waals surface area contributed by atoms with E-state index < -0.39 is 0 Å². The Bertz CT molecular complexity index is 1220. The fourth-order valence-corrected chi connectivity index (χ4v) is 4.23. The van der Waals surface area contributed by atoms with Crippen LogP contribution < -0.4 is 4.57 Å². The van der Waals surface area contributed by atoms with E-state index in [-0.39, 0.29) is 5.82 Å². The van der Waals surface area contributed by atoms with E-state index in [0.717, 1.165) is 28.8 Å². The molecule has 0 fully saturated rings. The van der Waals surface area contributed by atoms with Gasteiger partial charge in [-0.1, -0.05) is 56.3 Å². The number of hydrogen-bond acceptors (Lipinski definition) is 0. The third-order valence-corrected chi connectivity index (χ3v) is 6.39. The van der Waals surface area contributed by atoms with Crippen molar-refractivity contribution in [1.29, 1.82) is 0 Å². The fraction of sp³-hybridized carbons (Fsp3) is 0.250. The molecule has 0 aliphatic carbocycles. The largest absolute Gasteiger partial charge is 0.220 e. The third kappa shape index (κ3) is 3.52. The van der Waals surface area contributed by atoms with Gasteiger partial charge in [0, 0.05) is 18.6 Å². The van der Waals surface area contributed by atoms with Crippen LogP contribution in [0.15, 0.2) is 66.7 Å². The molecule has 0 radical (unpaired) electrons.